The van der Waals surface area contributed by atoms with Gasteiger partial charge in [0.1, 0.15) is 0 Å². The fraction of sp³-hybridized carbons (Fsp3) is 0.333. The van der Waals surface area contributed by atoms with Crippen LogP contribution in [-0.4, -0.2) is 24.7 Å². The molecule has 0 unspecified atom stereocenters. The molecule has 2 aromatic carbocycles. The van der Waals surface area contributed by atoms with E-state index < -0.39 is 0 Å². The maximum Gasteiger partial charge on any atom is 0.252 e. The largest absolute Gasteiger partial charge is 0.493 e. The van der Waals surface area contributed by atoms with Gasteiger partial charge >= 0.3 is 0 Å². The number of aromatic nitrogens is 1. The number of aryl methyl sites for hydroxylation is 2. The average Bonchev–Trinajstić information content (AvgIpc) is 3.04. The van der Waals surface area contributed by atoms with E-state index in [4.69, 9.17) is 9.47 Å². The highest BCUT2D eigenvalue weighted by atomic mass is 32.1. The fourth-order valence-electron chi connectivity index (χ4n) is 3.18. The summed E-state index contributed by atoms with van der Waals surface area (Å²) in [6.07, 6.45) is 1.17. The highest BCUT2D eigenvalue weighted by Gasteiger charge is 2.11. The maximum absolute atomic E-state index is 12.6. The van der Waals surface area contributed by atoms with Crippen molar-refractivity contribution in [3.8, 4) is 11.5 Å². The predicted octanol–water partition coefficient (Wildman–Crippen LogP) is 3.97. The summed E-state index contributed by atoms with van der Waals surface area (Å²) in [5.74, 6) is 1.08. The first-order valence-corrected chi connectivity index (χ1v) is 9.82. The summed E-state index contributed by atoms with van der Waals surface area (Å²) in [6.45, 7) is 5.00. The van der Waals surface area contributed by atoms with Crippen molar-refractivity contribution in [1.82, 2.24) is 4.57 Å². The summed E-state index contributed by atoms with van der Waals surface area (Å²) in [5.41, 5.74) is 3.31. The van der Waals surface area contributed by atoms with E-state index in [0.717, 1.165) is 28.0 Å². The van der Waals surface area contributed by atoms with Crippen molar-refractivity contribution in [2.24, 2.45) is 4.99 Å². The number of carbonyl (C=O) groups excluding carboxylic acids is 1. The van der Waals surface area contributed by atoms with Crippen LogP contribution in [0.4, 0.5) is 0 Å². The van der Waals surface area contributed by atoms with Gasteiger partial charge in [-0.05, 0) is 42.7 Å². The Morgan fingerprint density at radius 3 is 2.56 bits per heavy atom. The molecule has 27 heavy (non-hydrogen) atoms. The van der Waals surface area contributed by atoms with Crippen molar-refractivity contribution in [2.75, 3.05) is 14.2 Å². The number of methoxy groups -OCH3 is 2. The second-order valence-electron chi connectivity index (χ2n) is 6.12. The molecule has 0 radical (unpaired) electrons. The number of nitrogens with zero attached hydrogens (tertiary/aromatic N) is 2. The van der Waals surface area contributed by atoms with E-state index in [0.29, 0.717) is 11.5 Å². The van der Waals surface area contributed by atoms with Gasteiger partial charge in [0.25, 0.3) is 5.91 Å². The lowest BCUT2D eigenvalue weighted by molar-refractivity contribution is -0.117. The van der Waals surface area contributed by atoms with Crippen molar-refractivity contribution < 1.29 is 14.3 Å². The SMILES string of the molecule is CCc1cccc2sc(=NC(=O)Cc3ccc(OC)c(OC)c3)n(CC)c12. The number of rotatable bonds is 6. The van der Waals surface area contributed by atoms with Crippen LogP contribution in [0.3, 0.4) is 0 Å². The topological polar surface area (TPSA) is 52.8 Å². The van der Waals surface area contributed by atoms with Crippen LogP contribution in [-0.2, 0) is 24.2 Å². The van der Waals surface area contributed by atoms with Crippen LogP contribution in [0, 0.1) is 0 Å². The van der Waals surface area contributed by atoms with Gasteiger partial charge in [-0.1, -0.05) is 36.5 Å². The Labute approximate surface area is 162 Å². The number of thiazole rings is 1. The van der Waals surface area contributed by atoms with Crippen LogP contribution in [0.5, 0.6) is 11.5 Å². The molecule has 0 saturated heterocycles. The Morgan fingerprint density at radius 1 is 1.11 bits per heavy atom. The Hall–Kier alpha value is -2.60. The molecule has 1 heterocycles. The third-order valence-electron chi connectivity index (χ3n) is 4.51. The zero-order valence-corrected chi connectivity index (χ0v) is 16.9. The Kier molecular flexibility index (Phi) is 5.96. The highest BCUT2D eigenvalue weighted by molar-refractivity contribution is 7.16. The molecule has 3 rings (SSSR count). The molecule has 0 aliphatic carbocycles. The molecule has 0 spiro atoms. The lowest BCUT2D eigenvalue weighted by Gasteiger charge is -2.08. The number of amides is 1. The molecule has 1 aromatic heterocycles. The smallest absolute Gasteiger partial charge is 0.252 e. The molecule has 0 atom stereocenters. The molecule has 6 heteroatoms. The van der Waals surface area contributed by atoms with Crippen LogP contribution in [0.15, 0.2) is 41.4 Å². The second kappa shape index (κ2) is 8.39. The highest BCUT2D eigenvalue weighted by Crippen LogP contribution is 2.28. The summed E-state index contributed by atoms with van der Waals surface area (Å²) in [6, 6.07) is 11.8. The first-order valence-electron chi connectivity index (χ1n) is 9.00. The van der Waals surface area contributed by atoms with E-state index >= 15 is 0 Å². The van der Waals surface area contributed by atoms with E-state index in [1.165, 1.54) is 11.1 Å². The molecule has 5 nitrogen and oxygen atoms in total. The predicted molar refractivity (Wildman–Crippen MR) is 109 cm³/mol. The first-order chi connectivity index (χ1) is 13.1. The van der Waals surface area contributed by atoms with Gasteiger partial charge in [0, 0.05) is 6.54 Å². The van der Waals surface area contributed by atoms with Crippen LogP contribution < -0.4 is 14.3 Å². The van der Waals surface area contributed by atoms with E-state index in [9.17, 15) is 4.79 Å². The summed E-state index contributed by atoms with van der Waals surface area (Å²) >= 11 is 1.56. The number of ether oxygens (including phenoxy) is 2. The number of carbonyl (C=O) groups is 1. The molecule has 142 valence electrons. The van der Waals surface area contributed by atoms with Crippen molar-refractivity contribution in [3.05, 3.63) is 52.3 Å². The molecule has 0 saturated carbocycles. The standard InChI is InChI=1S/C21H24N2O3S/c1-5-15-8-7-9-18-20(15)23(6-2)21(27-18)22-19(24)13-14-10-11-16(25-3)17(12-14)26-4/h7-12H,5-6,13H2,1-4H3. The van der Waals surface area contributed by atoms with Crippen LogP contribution in [0.25, 0.3) is 10.2 Å². The van der Waals surface area contributed by atoms with Gasteiger partial charge in [-0.25, -0.2) is 0 Å². The average molecular weight is 385 g/mol. The van der Waals surface area contributed by atoms with Gasteiger partial charge in [-0.15, -0.1) is 0 Å². The summed E-state index contributed by atoms with van der Waals surface area (Å²) < 4.78 is 13.8. The minimum atomic E-state index is -0.172. The van der Waals surface area contributed by atoms with E-state index in [1.807, 2.05) is 12.1 Å². The van der Waals surface area contributed by atoms with Gasteiger partial charge < -0.3 is 14.0 Å². The van der Waals surface area contributed by atoms with Crippen molar-refractivity contribution >= 4 is 27.5 Å². The maximum atomic E-state index is 12.6. The minimum absolute atomic E-state index is 0.172. The zero-order valence-electron chi connectivity index (χ0n) is 16.1. The summed E-state index contributed by atoms with van der Waals surface area (Å²) in [5, 5.41) is 0. The van der Waals surface area contributed by atoms with Gasteiger partial charge in [-0.2, -0.15) is 4.99 Å². The molecule has 3 aromatic rings. The lowest BCUT2D eigenvalue weighted by atomic mass is 10.1. The van der Waals surface area contributed by atoms with Crippen LogP contribution in [0.1, 0.15) is 25.0 Å². The van der Waals surface area contributed by atoms with Gasteiger partial charge in [0.15, 0.2) is 16.3 Å². The molecular formula is C21H24N2O3S. The van der Waals surface area contributed by atoms with Gasteiger partial charge in [0.2, 0.25) is 0 Å². The number of hydrogen-bond donors (Lipinski definition) is 0. The van der Waals surface area contributed by atoms with E-state index in [1.54, 1.807) is 31.6 Å². The third kappa shape index (κ3) is 3.90. The third-order valence-corrected chi connectivity index (χ3v) is 5.55. The quantitative estimate of drug-likeness (QED) is 0.646. The molecule has 0 fully saturated rings. The molecule has 0 N–H and O–H groups in total. The second-order valence-corrected chi connectivity index (χ2v) is 7.13. The molecule has 0 bridgehead atoms. The normalized spacial score (nSPS) is 11.8. The molecule has 1 amide bonds. The minimum Gasteiger partial charge on any atom is -0.493 e. The zero-order chi connectivity index (χ0) is 19.4. The number of hydrogen-bond acceptors (Lipinski definition) is 4. The number of fused-ring (bicyclic) bond motifs is 1. The fourth-order valence-corrected chi connectivity index (χ4v) is 4.34. The van der Waals surface area contributed by atoms with E-state index in [-0.39, 0.29) is 12.3 Å². The first kappa shape index (κ1) is 19.2. The summed E-state index contributed by atoms with van der Waals surface area (Å²) in [7, 11) is 3.17. The molecular weight excluding hydrogens is 360 g/mol. The summed E-state index contributed by atoms with van der Waals surface area (Å²) in [4.78, 5) is 17.7. The van der Waals surface area contributed by atoms with Crippen molar-refractivity contribution in [2.45, 2.75) is 33.2 Å². The Morgan fingerprint density at radius 2 is 1.89 bits per heavy atom. The van der Waals surface area contributed by atoms with Crippen LogP contribution in [0.2, 0.25) is 0 Å². The van der Waals surface area contributed by atoms with Crippen molar-refractivity contribution in [3.63, 3.8) is 0 Å². The molecule has 0 aliphatic rings. The monoisotopic (exact) mass is 384 g/mol. The van der Waals surface area contributed by atoms with Gasteiger partial charge in [0.05, 0.1) is 30.9 Å². The number of benzene rings is 2. The van der Waals surface area contributed by atoms with Crippen LogP contribution >= 0.6 is 11.3 Å². The molecule has 0 aliphatic heterocycles. The lowest BCUT2D eigenvalue weighted by Crippen LogP contribution is -2.17. The van der Waals surface area contributed by atoms with Crippen molar-refractivity contribution in [1.29, 1.82) is 0 Å². The van der Waals surface area contributed by atoms with E-state index in [2.05, 4.69) is 41.6 Å². The Balaban J connectivity index is 1.96. The number of para-hydroxylation sites is 1. The Bertz CT molecular complexity index is 1030. The van der Waals surface area contributed by atoms with Gasteiger partial charge in [-0.3, -0.25) is 4.79 Å².